The van der Waals surface area contributed by atoms with Gasteiger partial charge in [0.2, 0.25) is 0 Å². The van der Waals surface area contributed by atoms with E-state index >= 15 is 0 Å². The first-order valence-corrected chi connectivity index (χ1v) is 22.2. The molecule has 276 valence electrons. The Kier molecular flexibility index (Phi) is 7.62. The highest BCUT2D eigenvalue weighted by atomic mass is 28.3. The SMILES string of the molecule is c1ccc([Si](c2ccccc2)(c2ccccc2)c2ccc(-n3c4ccccc4c4ccccc43)c(-c3ccc4c(n3)B3c5ccccc5Oc5cccc(c53)O4)c2)cc1. The lowest BCUT2D eigenvalue weighted by Gasteiger charge is -2.35. The van der Waals surface area contributed by atoms with Gasteiger partial charge >= 0.3 is 0 Å². The van der Waals surface area contributed by atoms with Gasteiger partial charge in [-0.05, 0) is 74.7 Å². The number of ether oxygens (including phenoxy) is 2. The van der Waals surface area contributed by atoms with Crippen molar-refractivity contribution in [1.82, 2.24) is 9.55 Å². The second kappa shape index (κ2) is 13.3. The lowest BCUT2D eigenvalue weighted by molar-refractivity contribution is 0.463. The fraction of sp³-hybridized carbons (Fsp3) is 0. The molecular formula is C53H35BN2O2Si. The molecule has 6 heteroatoms. The largest absolute Gasteiger partial charge is 0.458 e. The van der Waals surface area contributed by atoms with Crippen LogP contribution < -0.4 is 46.7 Å². The summed E-state index contributed by atoms with van der Waals surface area (Å²) in [5.74, 6) is 3.22. The molecule has 2 aromatic heterocycles. The molecule has 59 heavy (non-hydrogen) atoms. The van der Waals surface area contributed by atoms with Crippen LogP contribution in [0.4, 0.5) is 0 Å². The van der Waals surface area contributed by atoms with E-state index in [9.17, 15) is 0 Å². The van der Waals surface area contributed by atoms with Crippen molar-refractivity contribution >= 4 is 73.9 Å². The van der Waals surface area contributed by atoms with E-state index in [1.54, 1.807) is 0 Å². The number of benzene rings is 8. The van der Waals surface area contributed by atoms with Gasteiger partial charge in [0.25, 0.3) is 6.71 Å². The van der Waals surface area contributed by atoms with E-state index < -0.39 is 8.07 Å². The molecule has 0 saturated carbocycles. The first-order chi connectivity index (χ1) is 29.3. The monoisotopic (exact) mass is 770 g/mol. The van der Waals surface area contributed by atoms with E-state index in [4.69, 9.17) is 14.5 Å². The highest BCUT2D eigenvalue weighted by molar-refractivity contribution is 7.20. The third kappa shape index (κ3) is 5.06. The van der Waals surface area contributed by atoms with Gasteiger partial charge in [0.1, 0.15) is 23.0 Å². The van der Waals surface area contributed by atoms with Crippen molar-refractivity contribution in [3.05, 3.63) is 212 Å². The van der Waals surface area contributed by atoms with Crippen LogP contribution in [-0.4, -0.2) is 24.3 Å². The van der Waals surface area contributed by atoms with Gasteiger partial charge in [-0.2, -0.15) is 0 Å². The molecule has 10 aromatic rings. The summed E-state index contributed by atoms with van der Waals surface area (Å²) >= 11 is 0. The van der Waals surface area contributed by atoms with E-state index in [1.807, 2.05) is 24.3 Å². The molecule has 0 bridgehead atoms. The Labute approximate surface area is 343 Å². The molecule has 0 saturated heterocycles. The Morgan fingerprint density at radius 2 is 0.949 bits per heavy atom. The number of pyridine rings is 1. The van der Waals surface area contributed by atoms with Gasteiger partial charge in [-0.15, -0.1) is 0 Å². The zero-order chi connectivity index (χ0) is 38.9. The van der Waals surface area contributed by atoms with Crippen LogP contribution in [0.3, 0.4) is 0 Å². The van der Waals surface area contributed by atoms with Gasteiger partial charge in [0.15, 0.2) is 8.07 Å². The van der Waals surface area contributed by atoms with E-state index in [-0.39, 0.29) is 6.71 Å². The molecule has 4 heterocycles. The minimum Gasteiger partial charge on any atom is -0.458 e. The molecule has 0 atom stereocenters. The van der Waals surface area contributed by atoms with Crippen molar-refractivity contribution in [1.29, 1.82) is 0 Å². The molecule has 0 spiro atoms. The highest BCUT2D eigenvalue weighted by Gasteiger charge is 2.43. The Morgan fingerprint density at radius 1 is 0.424 bits per heavy atom. The van der Waals surface area contributed by atoms with Gasteiger partial charge in [-0.3, -0.25) is 4.98 Å². The van der Waals surface area contributed by atoms with Crippen LogP contribution in [-0.2, 0) is 0 Å². The molecule has 0 unspecified atom stereocenters. The lowest BCUT2D eigenvalue weighted by atomic mass is 9.36. The summed E-state index contributed by atoms with van der Waals surface area (Å²) in [5.41, 5.74) is 8.29. The third-order valence-electron chi connectivity index (χ3n) is 12.3. The number of nitrogens with zero attached hydrogens (tertiary/aromatic N) is 2. The first kappa shape index (κ1) is 33.7. The van der Waals surface area contributed by atoms with Crippen molar-refractivity contribution < 1.29 is 9.47 Å². The summed E-state index contributed by atoms with van der Waals surface area (Å²) in [6.07, 6.45) is 0. The molecular weight excluding hydrogens is 735 g/mol. The van der Waals surface area contributed by atoms with E-state index in [0.29, 0.717) is 0 Å². The smallest absolute Gasteiger partial charge is 0.283 e. The van der Waals surface area contributed by atoms with Crippen molar-refractivity contribution in [3.8, 4) is 39.9 Å². The zero-order valence-electron chi connectivity index (χ0n) is 32.0. The second-order valence-electron chi connectivity index (χ2n) is 15.4. The second-order valence-corrected chi connectivity index (χ2v) is 19.2. The first-order valence-electron chi connectivity index (χ1n) is 20.2. The number of hydrogen-bond donors (Lipinski definition) is 0. The topological polar surface area (TPSA) is 36.3 Å². The lowest BCUT2D eigenvalue weighted by Crippen LogP contribution is -2.74. The van der Waals surface area contributed by atoms with Crippen molar-refractivity contribution in [2.45, 2.75) is 0 Å². The number of fused-ring (bicyclic) bond motifs is 7. The number of rotatable bonds is 6. The number of hydrogen-bond acceptors (Lipinski definition) is 3. The standard InChI is InChI=1S/C53H35BN2O2Si/c1-4-17-36(18-5-1)59(37-19-6-2-7-20-37,38-21-8-3-9-22-38)39-31-33-47(56-45-26-13-10-23-40(45)41-24-11-14-27-46(41)56)42(35-39)44-32-34-51-53(55-44)54-43-25-12-15-28-48(43)57-49-29-16-30-50(58-51)52(49)54/h1-35H. The zero-order valence-corrected chi connectivity index (χ0v) is 33.0. The van der Waals surface area contributed by atoms with Crippen LogP contribution in [0.5, 0.6) is 23.0 Å². The quantitative estimate of drug-likeness (QED) is 0.127. The van der Waals surface area contributed by atoms with Gasteiger partial charge in [-0.1, -0.05) is 164 Å². The Morgan fingerprint density at radius 3 is 1.58 bits per heavy atom. The Balaban J connectivity index is 1.18. The van der Waals surface area contributed by atoms with Crippen LogP contribution in [0, 0.1) is 0 Å². The molecule has 4 nitrogen and oxygen atoms in total. The van der Waals surface area contributed by atoms with Crippen molar-refractivity contribution in [2.75, 3.05) is 0 Å². The fourth-order valence-corrected chi connectivity index (χ4v) is 14.6. The number of aromatic nitrogens is 2. The summed E-state index contributed by atoms with van der Waals surface area (Å²) in [6, 6.07) is 76.6. The van der Waals surface area contributed by atoms with Gasteiger partial charge in [-0.25, -0.2) is 0 Å². The predicted molar refractivity (Wildman–Crippen MR) is 245 cm³/mol. The molecule has 0 amide bonds. The van der Waals surface area contributed by atoms with Crippen molar-refractivity contribution in [3.63, 3.8) is 0 Å². The third-order valence-corrected chi connectivity index (χ3v) is 17.1. The molecule has 12 rings (SSSR count). The number of para-hydroxylation sites is 3. The Hall–Kier alpha value is -7.41. The van der Waals surface area contributed by atoms with Gasteiger partial charge in [0, 0.05) is 21.8 Å². The summed E-state index contributed by atoms with van der Waals surface area (Å²) in [4.78, 5) is 5.70. The minimum absolute atomic E-state index is 0.152. The molecule has 0 radical (unpaired) electrons. The molecule has 0 fully saturated rings. The molecule has 0 N–H and O–H groups in total. The summed E-state index contributed by atoms with van der Waals surface area (Å²) < 4.78 is 15.6. The summed E-state index contributed by atoms with van der Waals surface area (Å²) in [7, 11) is -2.90. The maximum Gasteiger partial charge on any atom is 0.283 e. The normalized spacial score (nSPS) is 12.6. The fourth-order valence-electron chi connectivity index (χ4n) is 9.80. The highest BCUT2D eigenvalue weighted by Crippen LogP contribution is 2.38. The van der Waals surface area contributed by atoms with E-state index in [2.05, 4.69) is 193 Å². The maximum atomic E-state index is 6.66. The average molecular weight is 771 g/mol. The minimum atomic E-state index is -2.90. The Bertz CT molecular complexity index is 3080. The van der Waals surface area contributed by atoms with Gasteiger partial charge < -0.3 is 14.0 Å². The van der Waals surface area contributed by atoms with E-state index in [0.717, 1.165) is 67.5 Å². The van der Waals surface area contributed by atoms with E-state index in [1.165, 1.54) is 31.5 Å². The van der Waals surface area contributed by atoms with Crippen LogP contribution in [0.1, 0.15) is 0 Å². The van der Waals surface area contributed by atoms with Crippen LogP contribution in [0.15, 0.2) is 212 Å². The average Bonchev–Trinajstić information content (AvgIpc) is 3.64. The maximum absolute atomic E-state index is 6.66. The molecule has 2 aliphatic rings. The summed E-state index contributed by atoms with van der Waals surface area (Å²) in [5, 5.41) is 7.68. The molecule has 0 aliphatic carbocycles. The molecule has 2 aliphatic heterocycles. The van der Waals surface area contributed by atoms with Crippen LogP contribution >= 0.6 is 0 Å². The summed E-state index contributed by atoms with van der Waals surface area (Å²) in [6.45, 7) is -0.152. The molecule has 8 aromatic carbocycles. The predicted octanol–water partition coefficient (Wildman–Crippen LogP) is 7.95. The van der Waals surface area contributed by atoms with Crippen LogP contribution in [0.25, 0.3) is 38.8 Å². The van der Waals surface area contributed by atoms with Gasteiger partial charge in [0.05, 0.1) is 28.0 Å². The van der Waals surface area contributed by atoms with Crippen LogP contribution in [0.2, 0.25) is 0 Å². The van der Waals surface area contributed by atoms with Crippen molar-refractivity contribution in [2.24, 2.45) is 0 Å².